The second-order valence-electron chi connectivity index (χ2n) is 6.91. The molecule has 1 aromatic rings. The Labute approximate surface area is 168 Å². The number of nitrogens with one attached hydrogen (secondary N) is 1. The Morgan fingerprint density at radius 3 is 2.37 bits per heavy atom. The van der Waals surface area contributed by atoms with Gasteiger partial charge in [0.05, 0.1) is 4.90 Å². The molecule has 2 atom stereocenters. The molecule has 1 amide bonds. The summed E-state index contributed by atoms with van der Waals surface area (Å²) in [5.41, 5.74) is 0. The molecule has 7 nitrogen and oxygen atoms in total. The molecule has 0 spiro atoms. The number of halogens is 2. The number of benzene rings is 1. The summed E-state index contributed by atoms with van der Waals surface area (Å²) in [4.78, 5) is 23.9. The number of hydrogen-bond acceptors (Lipinski definition) is 4. The summed E-state index contributed by atoms with van der Waals surface area (Å²) in [6.07, 6.45) is 1.06. The van der Waals surface area contributed by atoms with Crippen molar-refractivity contribution in [2.75, 3.05) is 6.54 Å². The number of aliphatic carboxylic acids is 1. The first kappa shape index (κ1) is 21.9. The Morgan fingerprint density at radius 1 is 1.26 bits per heavy atom. The lowest BCUT2D eigenvalue weighted by Gasteiger charge is -2.25. The van der Waals surface area contributed by atoms with Gasteiger partial charge in [-0.2, -0.15) is 4.31 Å². The predicted octanol–water partition coefficient (Wildman–Crippen LogP) is 2.76. The smallest absolute Gasteiger partial charge is 0.326 e. The largest absolute Gasteiger partial charge is 0.480 e. The predicted molar refractivity (Wildman–Crippen MR) is 102 cm³/mol. The van der Waals surface area contributed by atoms with Gasteiger partial charge in [0.1, 0.15) is 12.1 Å². The molecule has 2 rings (SSSR count). The van der Waals surface area contributed by atoms with Gasteiger partial charge in [0, 0.05) is 16.6 Å². The Balaban J connectivity index is 2.25. The van der Waals surface area contributed by atoms with Gasteiger partial charge in [-0.05, 0) is 43.4 Å². The van der Waals surface area contributed by atoms with Crippen LogP contribution in [0.3, 0.4) is 0 Å². The number of carboxylic acids is 1. The zero-order valence-electron chi connectivity index (χ0n) is 15.0. The van der Waals surface area contributed by atoms with Crippen molar-refractivity contribution in [2.24, 2.45) is 5.92 Å². The average Bonchev–Trinajstić information content (AvgIpc) is 3.03. The molecular weight excluding hydrogens is 415 g/mol. The monoisotopic (exact) mass is 436 g/mol. The van der Waals surface area contributed by atoms with E-state index in [-0.39, 0.29) is 33.8 Å². The van der Waals surface area contributed by atoms with E-state index in [4.69, 9.17) is 23.2 Å². The van der Waals surface area contributed by atoms with Gasteiger partial charge in [-0.15, -0.1) is 0 Å². The van der Waals surface area contributed by atoms with Crippen LogP contribution in [0, 0.1) is 5.92 Å². The van der Waals surface area contributed by atoms with E-state index in [2.05, 4.69) is 5.32 Å². The fourth-order valence-corrected chi connectivity index (χ4v) is 5.45. The van der Waals surface area contributed by atoms with Gasteiger partial charge < -0.3 is 10.4 Å². The minimum absolute atomic E-state index is 0.0587. The van der Waals surface area contributed by atoms with Crippen molar-refractivity contribution < 1.29 is 23.1 Å². The molecule has 1 heterocycles. The molecule has 1 fully saturated rings. The van der Waals surface area contributed by atoms with Crippen molar-refractivity contribution in [1.29, 1.82) is 0 Å². The molecule has 10 heteroatoms. The van der Waals surface area contributed by atoms with Crippen LogP contribution in [0.5, 0.6) is 0 Å². The molecule has 1 aliphatic heterocycles. The topological polar surface area (TPSA) is 104 Å². The molecule has 0 bridgehead atoms. The number of sulfonamides is 1. The minimum atomic E-state index is -4.00. The van der Waals surface area contributed by atoms with Gasteiger partial charge in [-0.1, -0.05) is 37.0 Å². The first-order valence-corrected chi connectivity index (χ1v) is 10.7. The van der Waals surface area contributed by atoms with E-state index >= 15 is 0 Å². The second kappa shape index (κ2) is 8.77. The maximum absolute atomic E-state index is 13.0. The molecule has 1 aliphatic rings. The Bertz CT molecular complexity index is 808. The first-order valence-electron chi connectivity index (χ1n) is 8.53. The summed E-state index contributed by atoms with van der Waals surface area (Å²) in [6, 6.07) is 1.92. The highest BCUT2D eigenvalue weighted by atomic mass is 35.5. The maximum atomic E-state index is 13.0. The van der Waals surface area contributed by atoms with E-state index in [0.717, 1.165) is 4.31 Å². The van der Waals surface area contributed by atoms with Gasteiger partial charge in [0.25, 0.3) is 0 Å². The number of rotatable bonds is 7. The van der Waals surface area contributed by atoms with Crippen molar-refractivity contribution in [3.8, 4) is 0 Å². The molecule has 2 N–H and O–H groups in total. The molecular formula is C17H22Cl2N2O5S. The number of carbonyl (C=O) groups excluding carboxylic acids is 1. The molecule has 0 aromatic heterocycles. The normalized spacial score (nSPS) is 19.2. The number of carbonyl (C=O) groups is 2. The lowest BCUT2D eigenvalue weighted by atomic mass is 10.0. The molecule has 150 valence electrons. The third-order valence-corrected chi connectivity index (χ3v) is 6.59. The molecule has 0 radical (unpaired) electrons. The summed E-state index contributed by atoms with van der Waals surface area (Å²) >= 11 is 11.8. The third kappa shape index (κ3) is 5.34. The number of hydrogen-bond donors (Lipinski definition) is 2. The Morgan fingerprint density at radius 2 is 1.85 bits per heavy atom. The first-order chi connectivity index (χ1) is 12.5. The van der Waals surface area contributed by atoms with Gasteiger partial charge in [0.15, 0.2) is 0 Å². The highest BCUT2D eigenvalue weighted by Gasteiger charge is 2.40. The lowest BCUT2D eigenvalue weighted by molar-refractivity contribution is -0.142. The van der Waals surface area contributed by atoms with Gasteiger partial charge in [-0.25, -0.2) is 13.2 Å². The molecule has 1 aromatic carbocycles. The van der Waals surface area contributed by atoms with Crippen LogP contribution in [-0.2, 0) is 19.6 Å². The summed E-state index contributed by atoms with van der Waals surface area (Å²) in [7, 11) is -4.00. The zero-order valence-corrected chi connectivity index (χ0v) is 17.3. The van der Waals surface area contributed by atoms with Gasteiger partial charge in [0.2, 0.25) is 15.9 Å². The minimum Gasteiger partial charge on any atom is -0.480 e. The van der Waals surface area contributed by atoms with Crippen molar-refractivity contribution in [3.63, 3.8) is 0 Å². The van der Waals surface area contributed by atoms with Crippen LogP contribution in [0.2, 0.25) is 10.0 Å². The van der Waals surface area contributed by atoms with Crippen molar-refractivity contribution in [3.05, 3.63) is 28.2 Å². The van der Waals surface area contributed by atoms with Crippen LogP contribution < -0.4 is 5.32 Å². The highest BCUT2D eigenvalue weighted by Crippen LogP contribution is 2.30. The van der Waals surface area contributed by atoms with Crippen LogP contribution >= 0.6 is 23.2 Å². The average molecular weight is 437 g/mol. The summed E-state index contributed by atoms with van der Waals surface area (Å²) in [5.74, 6) is -1.70. The van der Waals surface area contributed by atoms with E-state index in [0.29, 0.717) is 12.8 Å². The van der Waals surface area contributed by atoms with E-state index in [9.17, 15) is 23.1 Å². The van der Waals surface area contributed by atoms with E-state index in [1.165, 1.54) is 18.2 Å². The molecule has 0 saturated carbocycles. The number of nitrogens with zero attached hydrogens (tertiary/aromatic N) is 1. The third-order valence-electron chi connectivity index (χ3n) is 4.27. The maximum Gasteiger partial charge on any atom is 0.326 e. The van der Waals surface area contributed by atoms with Crippen LogP contribution in [-0.4, -0.2) is 48.3 Å². The van der Waals surface area contributed by atoms with Crippen LogP contribution in [0.15, 0.2) is 23.1 Å². The summed E-state index contributed by atoms with van der Waals surface area (Å²) in [6.45, 7) is 3.85. The van der Waals surface area contributed by atoms with Gasteiger partial charge in [-0.3, -0.25) is 4.79 Å². The number of amides is 1. The molecule has 0 aliphatic carbocycles. The molecule has 27 heavy (non-hydrogen) atoms. The van der Waals surface area contributed by atoms with Crippen molar-refractivity contribution >= 4 is 45.1 Å². The second-order valence-corrected chi connectivity index (χ2v) is 9.67. The van der Waals surface area contributed by atoms with Crippen LogP contribution in [0.4, 0.5) is 0 Å². The van der Waals surface area contributed by atoms with Crippen molar-refractivity contribution in [1.82, 2.24) is 9.62 Å². The van der Waals surface area contributed by atoms with E-state index in [1.807, 2.05) is 13.8 Å². The zero-order chi connectivity index (χ0) is 20.4. The van der Waals surface area contributed by atoms with Crippen LogP contribution in [0.25, 0.3) is 0 Å². The summed E-state index contributed by atoms with van der Waals surface area (Å²) < 4.78 is 27.0. The highest BCUT2D eigenvalue weighted by molar-refractivity contribution is 7.89. The molecule has 0 unspecified atom stereocenters. The fraction of sp³-hybridized carbons (Fsp3) is 0.529. The van der Waals surface area contributed by atoms with Crippen LogP contribution in [0.1, 0.15) is 33.1 Å². The Hall–Kier alpha value is -1.35. The summed E-state index contributed by atoms with van der Waals surface area (Å²) in [5, 5.41) is 12.1. The lowest BCUT2D eigenvalue weighted by Crippen LogP contribution is -2.51. The van der Waals surface area contributed by atoms with E-state index < -0.39 is 34.0 Å². The van der Waals surface area contributed by atoms with Gasteiger partial charge >= 0.3 is 5.97 Å². The Kier molecular flexibility index (Phi) is 7.13. The SMILES string of the molecule is CC(C)C[C@H](NC(=O)[C@@H]1CCCN1S(=O)(=O)c1cc(Cl)cc(Cl)c1)C(=O)O. The fourth-order valence-electron chi connectivity index (χ4n) is 3.06. The quantitative estimate of drug-likeness (QED) is 0.683. The van der Waals surface area contributed by atoms with Crippen molar-refractivity contribution in [2.45, 2.75) is 50.1 Å². The number of carboxylic acid groups (broad SMARTS) is 1. The van der Waals surface area contributed by atoms with E-state index in [1.54, 1.807) is 0 Å². The molecule has 1 saturated heterocycles. The standard InChI is InChI=1S/C17H22Cl2N2O5S/c1-10(2)6-14(17(23)24)20-16(22)15-4-3-5-21(15)27(25,26)13-8-11(18)7-12(19)9-13/h7-10,14-15H,3-6H2,1-2H3,(H,20,22)(H,23,24)/t14-,15-/m0/s1.